The summed E-state index contributed by atoms with van der Waals surface area (Å²) in [5.74, 6) is -0.679. The van der Waals surface area contributed by atoms with Crippen LogP contribution in [0.4, 0.5) is 0 Å². The van der Waals surface area contributed by atoms with Crippen molar-refractivity contribution >= 4 is 18.1 Å². The first kappa shape index (κ1) is 20.0. The summed E-state index contributed by atoms with van der Waals surface area (Å²) in [6, 6.07) is 12.6. The van der Waals surface area contributed by atoms with Gasteiger partial charge in [-0.05, 0) is 57.2 Å². The van der Waals surface area contributed by atoms with Gasteiger partial charge >= 0.3 is 5.97 Å². The van der Waals surface area contributed by atoms with Gasteiger partial charge < -0.3 is 9.30 Å². The maximum Gasteiger partial charge on any atom is 0.338 e. The first-order valence-corrected chi connectivity index (χ1v) is 9.21. The van der Waals surface area contributed by atoms with Gasteiger partial charge in [-0.3, -0.25) is 9.78 Å². The van der Waals surface area contributed by atoms with Gasteiger partial charge in [0.05, 0.1) is 23.9 Å². The second kappa shape index (κ2) is 8.97. The van der Waals surface area contributed by atoms with Crippen molar-refractivity contribution in [3.05, 3.63) is 82.9 Å². The van der Waals surface area contributed by atoms with Crippen molar-refractivity contribution in [2.24, 2.45) is 5.10 Å². The highest BCUT2D eigenvalue weighted by Gasteiger charge is 2.12. The molecule has 0 aliphatic carbocycles. The van der Waals surface area contributed by atoms with Crippen LogP contribution in [0.15, 0.2) is 60.0 Å². The fourth-order valence-corrected chi connectivity index (χ4v) is 3.02. The molecule has 1 aromatic carbocycles. The standard InChI is InChI=1S/C22H22N4O3/c1-4-29-22(28)17-7-5-9-20(12-17)26-15(2)11-19(16(26)3)14-24-25-21(27)18-8-6-10-23-13-18/h5-14H,4H2,1-3H3,(H,25,27)/b24-14-. The summed E-state index contributed by atoms with van der Waals surface area (Å²) >= 11 is 0. The van der Waals surface area contributed by atoms with Crippen molar-refractivity contribution < 1.29 is 14.3 Å². The third-order valence-electron chi connectivity index (χ3n) is 4.38. The van der Waals surface area contributed by atoms with Crippen LogP contribution in [0.3, 0.4) is 0 Å². The Hall–Kier alpha value is -3.74. The molecular formula is C22H22N4O3. The second-order valence-electron chi connectivity index (χ2n) is 6.37. The first-order valence-electron chi connectivity index (χ1n) is 9.21. The molecule has 1 N–H and O–H groups in total. The molecule has 1 amide bonds. The quantitative estimate of drug-likeness (QED) is 0.397. The van der Waals surface area contributed by atoms with Crippen LogP contribution in [-0.2, 0) is 4.74 Å². The molecule has 3 aromatic rings. The van der Waals surface area contributed by atoms with E-state index in [-0.39, 0.29) is 11.9 Å². The number of benzene rings is 1. The summed E-state index contributed by atoms with van der Waals surface area (Å²) in [5, 5.41) is 4.06. The molecule has 2 heterocycles. The Kier molecular flexibility index (Phi) is 6.19. The van der Waals surface area contributed by atoms with E-state index in [2.05, 4.69) is 15.5 Å². The molecule has 0 unspecified atom stereocenters. The maximum absolute atomic E-state index is 12.1. The number of nitrogens with zero attached hydrogens (tertiary/aromatic N) is 3. The molecule has 7 heteroatoms. The molecular weight excluding hydrogens is 368 g/mol. The smallest absolute Gasteiger partial charge is 0.338 e. The molecule has 0 bridgehead atoms. The van der Waals surface area contributed by atoms with Gasteiger partial charge in [-0.2, -0.15) is 5.10 Å². The van der Waals surface area contributed by atoms with E-state index in [1.54, 1.807) is 43.6 Å². The Morgan fingerprint density at radius 1 is 1.17 bits per heavy atom. The van der Waals surface area contributed by atoms with Gasteiger partial charge in [-0.1, -0.05) is 6.07 Å². The van der Waals surface area contributed by atoms with E-state index in [1.165, 1.54) is 6.20 Å². The van der Waals surface area contributed by atoms with Gasteiger partial charge in [-0.25, -0.2) is 10.2 Å². The number of esters is 1. The molecule has 29 heavy (non-hydrogen) atoms. The summed E-state index contributed by atoms with van der Waals surface area (Å²) in [4.78, 5) is 28.0. The van der Waals surface area contributed by atoms with Gasteiger partial charge in [-0.15, -0.1) is 0 Å². The predicted octanol–water partition coefficient (Wildman–Crippen LogP) is 3.43. The second-order valence-corrected chi connectivity index (χ2v) is 6.37. The van der Waals surface area contributed by atoms with Crippen molar-refractivity contribution in [1.29, 1.82) is 0 Å². The molecule has 0 spiro atoms. The summed E-state index contributed by atoms with van der Waals surface area (Å²) in [5.41, 5.74) is 7.05. The molecule has 2 aromatic heterocycles. The van der Waals surface area contributed by atoms with Crippen molar-refractivity contribution in [2.45, 2.75) is 20.8 Å². The zero-order valence-corrected chi connectivity index (χ0v) is 16.5. The SMILES string of the molecule is CCOC(=O)c1cccc(-n2c(C)cc(/C=N\NC(=O)c3cccnc3)c2C)c1. The van der Waals surface area contributed by atoms with Crippen LogP contribution in [0.1, 0.15) is 44.6 Å². The minimum absolute atomic E-state index is 0.328. The van der Waals surface area contributed by atoms with E-state index in [1.807, 2.05) is 36.6 Å². The van der Waals surface area contributed by atoms with E-state index in [0.29, 0.717) is 17.7 Å². The van der Waals surface area contributed by atoms with Gasteiger partial charge in [0, 0.05) is 35.0 Å². The third-order valence-corrected chi connectivity index (χ3v) is 4.38. The van der Waals surface area contributed by atoms with E-state index < -0.39 is 0 Å². The van der Waals surface area contributed by atoms with Crippen molar-refractivity contribution in [3.8, 4) is 5.69 Å². The first-order chi connectivity index (χ1) is 14.0. The lowest BCUT2D eigenvalue weighted by atomic mass is 10.2. The number of pyridine rings is 1. The lowest BCUT2D eigenvalue weighted by Gasteiger charge is -2.11. The van der Waals surface area contributed by atoms with Crippen molar-refractivity contribution in [2.75, 3.05) is 6.61 Å². The topological polar surface area (TPSA) is 85.6 Å². The molecule has 3 rings (SSSR count). The highest BCUT2D eigenvalue weighted by Crippen LogP contribution is 2.21. The summed E-state index contributed by atoms with van der Waals surface area (Å²) in [6.07, 6.45) is 4.68. The molecule has 0 saturated carbocycles. The zero-order chi connectivity index (χ0) is 20.8. The summed E-state index contributed by atoms with van der Waals surface area (Å²) in [6.45, 7) is 6.03. The minimum Gasteiger partial charge on any atom is -0.462 e. The normalized spacial score (nSPS) is 10.9. The third kappa shape index (κ3) is 4.57. The van der Waals surface area contributed by atoms with Crippen LogP contribution in [0, 0.1) is 13.8 Å². The number of carbonyl (C=O) groups excluding carboxylic acids is 2. The van der Waals surface area contributed by atoms with Gasteiger partial charge in [0.1, 0.15) is 0 Å². The Balaban J connectivity index is 1.81. The number of hydrogen-bond donors (Lipinski definition) is 1. The summed E-state index contributed by atoms with van der Waals surface area (Å²) < 4.78 is 7.10. The van der Waals surface area contributed by atoms with E-state index in [9.17, 15) is 9.59 Å². The lowest BCUT2D eigenvalue weighted by Crippen LogP contribution is -2.17. The average molecular weight is 390 g/mol. The van der Waals surface area contributed by atoms with E-state index >= 15 is 0 Å². The number of amides is 1. The number of rotatable bonds is 6. The van der Waals surface area contributed by atoms with Crippen molar-refractivity contribution in [1.82, 2.24) is 15.0 Å². The Morgan fingerprint density at radius 2 is 1.97 bits per heavy atom. The predicted molar refractivity (Wildman–Crippen MR) is 110 cm³/mol. The van der Waals surface area contributed by atoms with Gasteiger partial charge in [0.25, 0.3) is 5.91 Å². The van der Waals surface area contributed by atoms with E-state index in [0.717, 1.165) is 22.6 Å². The average Bonchev–Trinajstić information content (AvgIpc) is 3.02. The van der Waals surface area contributed by atoms with Crippen molar-refractivity contribution in [3.63, 3.8) is 0 Å². The molecule has 0 fully saturated rings. The number of aryl methyl sites for hydroxylation is 1. The Labute approximate surface area is 169 Å². The lowest BCUT2D eigenvalue weighted by molar-refractivity contribution is 0.0526. The molecule has 7 nitrogen and oxygen atoms in total. The largest absolute Gasteiger partial charge is 0.462 e. The molecule has 0 atom stereocenters. The fraction of sp³-hybridized carbons (Fsp3) is 0.182. The number of carbonyl (C=O) groups is 2. The van der Waals surface area contributed by atoms with Gasteiger partial charge in [0.2, 0.25) is 0 Å². The number of aromatic nitrogens is 2. The van der Waals surface area contributed by atoms with Crippen LogP contribution < -0.4 is 5.43 Å². The fourth-order valence-electron chi connectivity index (χ4n) is 3.02. The summed E-state index contributed by atoms with van der Waals surface area (Å²) in [7, 11) is 0. The van der Waals surface area contributed by atoms with Crippen LogP contribution >= 0.6 is 0 Å². The zero-order valence-electron chi connectivity index (χ0n) is 16.5. The number of ether oxygens (including phenoxy) is 1. The Morgan fingerprint density at radius 3 is 2.69 bits per heavy atom. The van der Waals surface area contributed by atoms with Crippen LogP contribution in [0.2, 0.25) is 0 Å². The number of hydrazone groups is 1. The number of hydrogen-bond acceptors (Lipinski definition) is 5. The monoisotopic (exact) mass is 390 g/mol. The van der Waals surface area contributed by atoms with Crippen LogP contribution in [-0.4, -0.2) is 34.2 Å². The Bertz CT molecular complexity index is 1060. The maximum atomic E-state index is 12.1. The molecule has 0 saturated heterocycles. The minimum atomic E-state index is -0.350. The van der Waals surface area contributed by atoms with Crippen LogP contribution in [0.25, 0.3) is 5.69 Å². The van der Waals surface area contributed by atoms with E-state index in [4.69, 9.17) is 4.74 Å². The van der Waals surface area contributed by atoms with Gasteiger partial charge in [0.15, 0.2) is 0 Å². The molecule has 0 radical (unpaired) electrons. The molecule has 148 valence electrons. The highest BCUT2D eigenvalue weighted by molar-refractivity contribution is 5.94. The highest BCUT2D eigenvalue weighted by atomic mass is 16.5. The molecule has 0 aliphatic rings. The number of nitrogens with one attached hydrogen (secondary N) is 1. The molecule has 0 aliphatic heterocycles. The van der Waals surface area contributed by atoms with Crippen LogP contribution in [0.5, 0.6) is 0 Å².